The molecule has 0 fully saturated rings. The Hall–Kier alpha value is -1.56. The van der Waals surface area contributed by atoms with Gasteiger partial charge in [-0.15, -0.1) is 0 Å². The number of nitrogens with one attached hydrogen (secondary N) is 1. The average Bonchev–Trinajstić information content (AvgIpc) is 2.87. The average molecular weight is 482 g/mol. The van der Waals surface area contributed by atoms with E-state index in [1.807, 2.05) is 19.4 Å². The standard InChI is InChI=1S/C10H15N4.2F6P/c1-12-7-8-14(9-12)5-3-10-11-4-6-13(10)2;2*1-7(2,3,4,5)6/h4,6-9H,3,5H2,1-2H3;;/q+1;2*-1/p+1. The van der Waals surface area contributed by atoms with Crippen molar-refractivity contribution in [3.63, 3.8) is 0 Å². The Labute approximate surface area is 149 Å². The van der Waals surface area contributed by atoms with Crippen molar-refractivity contribution in [3.8, 4) is 0 Å². The van der Waals surface area contributed by atoms with Crippen LogP contribution in [-0.4, -0.2) is 9.55 Å². The fourth-order valence-corrected chi connectivity index (χ4v) is 1.55. The van der Waals surface area contributed by atoms with Crippen LogP contribution in [0.4, 0.5) is 50.4 Å². The number of rotatable bonds is 3. The molecule has 18 heteroatoms. The minimum atomic E-state index is -10.7. The first-order valence-electron chi connectivity index (χ1n) is 6.81. The van der Waals surface area contributed by atoms with Crippen LogP contribution in [0.3, 0.4) is 0 Å². The third kappa shape index (κ3) is 26.7. The van der Waals surface area contributed by atoms with E-state index < -0.39 is 15.6 Å². The number of H-pyrrole nitrogens is 1. The van der Waals surface area contributed by atoms with Crippen molar-refractivity contribution in [3.05, 3.63) is 36.9 Å². The maximum absolute atomic E-state index is 10.7. The van der Waals surface area contributed by atoms with Gasteiger partial charge in [0, 0.05) is 0 Å². The summed E-state index contributed by atoms with van der Waals surface area (Å²) in [5.74, 6) is 1.25. The Morgan fingerprint density at radius 2 is 1.25 bits per heavy atom. The van der Waals surface area contributed by atoms with Gasteiger partial charge in [0.15, 0.2) is 0 Å². The van der Waals surface area contributed by atoms with Crippen molar-refractivity contribution in [2.24, 2.45) is 14.1 Å². The van der Waals surface area contributed by atoms with Crippen molar-refractivity contribution in [1.82, 2.24) is 9.55 Å². The molecule has 0 bridgehead atoms. The van der Waals surface area contributed by atoms with E-state index in [0.29, 0.717) is 0 Å². The molecule has 170 valence electrons. The normalized spacial score (nSPS) is 16.9. The van der Waals surface area contributed by atoms with Crippen molar-refractivity contribution in [1.29, 1.82) is 0 Å². The van der Waals surface area contributed by atoms with Gasteiger partial charge in [-0.1, -0.05) is 0 Å². The zero-order valence-electron chi connectivity index (χ0n) is 14.1. The zero-order chi connectivity index (χ0) is 22.8. The van der Waals surface area contributed by atoms with Gasteiger partial charge in [-0.05, 0) is 0 Å². The Balaban J connectivity index is 0.000000444. The molecular weight excluding hydrogens is 466 g/mol. The summed E-state index contributed by atoms with van der Waals surface area (Å²) >= 11 is 0. The van der Waals surface area contributed by atoms with Gasteiger partial charge < -0.3 is 0 Å². The predicted molar refractivity (Wildman–Crippen MR) is 78.4 cm³/mol. The molecule has 4 nitrogen and oxygen atoms in total. The third-order valence-electron chi connectivity index (χ3n) is 2.40. The van der Waals surface area contributed by atoms with Gasteiger partial charge >= 0.3 is 66.0 Å². The Morgan fingerprint density at radius 3 is 1.54 bits per heavy atom. The minimum absolute atomic E-state index is 1.01. The van der Waals surface area contributed by atoms with E-state index in [2.05, 4.69) is 44.5 Å². The summed E-state index contributed by atoms with van der Waals surface area (Å²) in [5, 5.41) is 0. The molecule has 0 unspecified atom stereocenters. The third-order valence-corrected chi connectivity index (χ3v) is 2.40. The molecule has 0 aliphatic carbocycles. The monoisotopic (exact) mass is 482 g/mol. The summed E-state index contributed by atoms with van der Waals surface area (Å²) in [4.78, 5) is 3.23. The summed E-state index contributed by atoms with van der Waals surface area (Å²) in [6.07, 6.45) is 11.2. The number of aryl methyl sites for hydroxylation is 4. The van der Waals surface area contributed by atoms with Crippen molar-refractivity contribution in [2.75, 3.05) is 0 Å². The second-order valence-electron chi connectivity index (χ2n) is 5.50. The fraction of sp³-hybridized carbons (Fsp3) is 0.400. The topological polar surface area (TPSA) is 28.5 Å². The predicted octanol–water partition coefficient (Wildman–Crippen LogP) is 6.47. The summed E-state index contributed by atoms with van der Waals surface area (Å²) in [7, 11) is -17.2. The van der Waals surface area contributed by atoms with E-state index in [9.17, 15) is 50.4 Å². The van der Waals surface area contributed by atoms with Crippen LogP contribution in [0.2, 0.25) is 0 Å². The van der Waals surface area contributed by atoms with Crippen LogP contribution in [-0.2, 0) is 27.1 Å². The van der Waals surface area contributed by atoms with E-state index in [-0.39, 0.29) is 0 Å². The van der Waals surface area contributed by atoms with Crippen LogP contribution < -0.4 is 9.13 Å². The fourth-order valence-electron chi connectivity index (χ4n) is 1.55. The SMILES string of the molecule is C[n+]1ccn(CCc2[nH]cc[n+]2C)c1.F[P-](F)(F)(F)(F)F.F[P-](F)(F)(F)(F)F. The molecule has 1 N–H and O–H groups in total. The number of aromatic nitrogens is 4. The molecule has 0 saturated heterocycles. The van der Waals surface area contributed by atoms with E-state index >= 15 is 0 Å². The molecule has 28 heavy (non-hydrogen) atoms. The van der Waals surface area contributed by atoms with Gasteiger partial charge in [0.2, 0.25) is 6.33 Å². The van der Waals surface area contributed by atoms with Crippen LogP contribution in [0.5, 0.6) is 0 Å². The van der Waals surface area contributed by atoms with Crippen LogP contribution >= 0.6 is 15.6 Å². The van der Waals surface area contributed by atoms with Gasteiger partial charge in [-0.3, -0.25) is 0 Å². The molecule has 0 amide bonds. The molecule has 0 atom stereocenters. The van der Waals surface area contributed by atoms with Gasteiger partial charge in [0.1, 0.15) is 31.3 Å². The van der Waals surface area contributed by atoms with E-state index in [1.165, 1.54) is 5.82 Å². The molecule has 2 aromatic heterocycles. The van der Waals surface area contributed by atoms with Gasteiger partial charge in [-0.2, -0.15) is 0 Å². The Kier molecular flexibility index (Phi) is 6.12. The summed E-state index contributed by atoms with van der Waals surface area (Å²) in [5.41, 5.74) is 0. The van der Waals surface area contributed by atoms with Crippen LogP contribution in [0.15, 0.2) is 31.1 Å². The Bertz CT molecular complexity index is 735. The summed E-state index contributed by atoms with van der Waals surface area (Å²) in [6, 6.07) is 0. The van der Waals surface area contributed by atoms with Crippen LogP contribution in [0.25, 0.3) is 0 Å². The molecule has 0 aromatic carbocycles. The molecule has 0 saturated carbocycles. The number of imidazole rings is 2. The number of hydrogen-bond donors (Lipinski definition) is 1. The molecule has 0 aliphatic heterocycles. The molecular formula is C10H16F12N4P2. The number of aromatic amines is 1. The first-order valence-corrected chi connectivity index (χ1v) is 10.9. The molecule has 0 spiro atoms. The molecule has 2 aromatic rings. The molecule has 0 aliphatic rings. The van der Waals surface area contributed by atoms with Crippen LogP contribution in [0, 0.1) is 0 Å². The quantitative estimate of drug-likeness (QED) is 0.295. The second kappa shape index (κ2) is 6.48. The zero-order valence-corrected chi connectivity index (χ0v) is 15.9. The van der Waals surface area contributed by atoms with Crippen molar-refractivity contribution < 1.29 is 59.5 Å². The van der Waals surface area contributed by atoms with Gasteiger partial charge in [-0.25, -0.2) is 18.7 Å². The molecule has 2 heterocycles. The summed E-state index contributed by atoms with van der Waals surface area (Å²) < 4.78 is 125. The number of nitrogens with zero attached hydrogens (tertiary/aromatic N) is 3. The van der Waals surface area contributed by atoms with Crippen LogP contribution in [0.1, 0.15) is 5.82 Å². The van der Waals surface area contributed by atoms with E-state index in [1.54, 1.807) is 0 Å². The van der Waals surface area contributed by atoms with E-state index in [0.717, 1.165) is 13.0 Å². The molecule has 0 radical (unpaired) electrons. The second-order valence-corrected chi connectivity index (χ2v) is 9.33. The first kappa shape index (κ1) is 26.4. The Morgan fingerprint density at radius 1 is 0.821 bits per heavy atom. The van der Waals surface area contributed by atoms with Crippen molar-refractivity contribution in [2.45, 2.75) is 13.0 Å². The van der Waals surface area contributed by atoms with Gasteiger partial charge in [0.05, 0.1) is 20.5 Å². The summed E-state index contributed by atoms with van der Waals surface area (Å²) in [6.45, 7) is 1.01. The number of halogens is 12. The van der Waals surface area contributed by atoms with Crippen molar-refractivity contribution >= 4 is 15.6 Å². The van der Waals surface area contributed by atoms with E-state index in [4.69, 9.17) is 0 Å². The van der Waals surface area contributed by atoms with Gasteiger partial charge in [0.25, 0.3) is 5.82 Å². The first-order chi connectivity index (χ1) is 11.7. The molecule has 2 rings (SSSR count). The maximum atomic E-state index is 9.87. The number of hydrogen-bond acceptors (Lipinski definition) is 0.